The molecule has 1 saturated carbocycles. The molecule has 4 nitrogen and oxygen atoms in total. The average molecular weight is 347 g/mol. The first kappa shape index (κ1) is 16.6. The molecule has 0 radical (unpaired) electrons. The number of nitrogens with one attached hydrogen (secondary N) is 1. The van der Waals surface area contributed by atoms with Gasteiger partial charge in [-0.25, -0.2) is 4.39 Å². The zero-order valence-electron chi connectivity index (χ0n) is 13.0. The van der Waals surface area contributed by atoms with E-state index in [4.69, 9.17) is 4.74 Å². The Bertz CT molecular complexity index is 696. The van der Waals surface area contributed by atoms with Gasteiger partial charge in [0.15, 0.2) is 6.61 Å². The Labute approximate surface area is 143 Å². The molecule has 6 heteroatoms. The van der Waals surface area contributed by atoms with Crippen molar-refractivity contribution in [1.82, 2.24) is 5.32 Å². The van der Waals surface area contributed by atoms with Crippen molar-refractivity contribution < 1.29 is 18.7 Å². The van der Waals surface area contributed by atoms with Gasteiger partial charge in [-0.3, -0.25) is 9.59 Å². The Kier molecular flexibility index (Phi) is 5.25. The minimum absolute atomic E-state index is 0.0528. The van der Waals surface area contributed by atoms with Crippen LogP contribution in [0.4, 0.5) is 4.39 Å². The molecule has 0 spiro atoms. The zero-order chi connectivity index (χ0) is 16.9. The Morgan fingerprint density at radius 1 is 1.25 bits per heavy atom. The quantitative estimate of drug-likeness (QED) is 0.815. The molecular weight excluding hydrogens is 329 g/mol. The van der Waals surface area contributed by atoms with Gasteiger partial charge in [0, 0.05) is 4.88 Å². The summed E-state index contributed by atoms with van der Waals surface area (Å²) < 4.78 is 18.2. The van der Waals surface area contributed by atoms with E-state index in [-0.39, 0.29) is 36.3 Å². The topological polar surface area (TPSA) is 55.4 Å². The van der Waals surface area contributed by atoms with Gasteiger partial charge in [0.2, 0.25) is 0 Å². The number of ether oxygens (including phenoxy) is 1. The van der Waals surface area contributed by atoms with Crippen LogP contribution in [0.2, 0.25) is 0 Å². The number of rotatable bonds is 6. The number of amides is 1. The SMILES string of the molecule is O=C(COC(=O)C1CCC1)N[C@@H](c1ccc(F)cc1)c1cccs1. The lowest BCUT2D eigenvalue weighted by Crippen LogP contribution is -2.34. The summed E-state index contributed by atoms with van der Waals surface area (Å²) >= 11 is 1.50. The molecule has 3 rings (SSSR count). The van der Waals surface area contributed by atoms with Gasteiger partial charge in [0.05, 0.1) is 12.0 Å². The summed E-state index contributed by atoms with van der Waals surface area (Å²) in [4.78, 5) is 24.8. The van der Waals surface area contributed by atoms with Gasteiger partial charge in [-0.05, 0) is 42.0 Å². The standard InChI is InChI=1S/C18H18FNO3S/c19-14-8-6-12(7-9-14)17(15-5-2-10-24-15)20-16(21)11-23-18(22)13-3-1-4-13/h2,5-10,13,17H,1,3-4,11H2,(H,20,21)/t17-/m0/s1. The summed E-state index contributed by atoms with van der Waals surface area (Å²) in [5, 5.41) is 4.77. The monoisotopic (exact) mass is 347 g/mol. The molecular formula is C18H18FNO3S. The van der Waals surface area contributed by atoms with Crippen LogP contribution in [-0.4, -0.2) is 18.5 Å². The highest BCUT2D eigenvalue weighted by Crippen LogP contribution is 2.28. The van der Waals surface area contributed by atoms with Gasteiger partial charge in [0.1, 0.15) is 5.82 Å². The number of hydrogen-bond donors (Lipinski definition) is 1. The van der Waals surface area contributed by atoms with E-state index in [1.54, 1.807) is 12.1 Å². The molecule has 0 bridgehead atoms. The summed E-state index contributed by atoms with van der Waals surface area (Å²) in [5.41, 5.74) is 0.775. The van der Waals surface area contributed by atoms with Crippen LogP contribution in [0.1, 0.15) is 35.7 Å². The van der Waals surface area contributed by atoms with Crippen LogP contribution in [0.5, 0.6) is 0 Å². The van der Waals surface area contributed by atoms with E-state index in [0.29, 0.717) is 0 Å². The molecule has 1 heterocycles. The molecule has 2 aromatic rings. The number of esters is 1. The number of benzene rings is 1. The minimum Gasteiger partial charge on any atom is -0.455 e. The predicted molar refractivity (Wildman–Crippen MR) is 89.0 cm³/mol. The van der Waals surface area contributed by atoms with Crippen molar-refractivity contribution in [2.24, 2.45) is 5.92 Å². The lowest BCUT2D eigenvalue weighted by atomic mass is 9.86. The van der Waals surface area contributed by atoms with Crippen LogP contribution in [0.3, 0.4) is 0 Å². The fraction of sp³-hybridized carbons (Fsp3) is 0.333. The molecule has 0 unspecified atom stereocenters. The molecule has 1 aliphatic carbocycles. The highest BCUT2D eigenvalue weighted by molar-refractivity contribution is 7.10. The summed E-state index contributed by atoms with van der Waals surface area (Å²) in [6.45, 7) is -0.293. The maximum absolute atomic E-state index is 13.1. The van der Waals surface area contributed by atoms with Crippen molar-refractivity contribution in [2.75, 3.05) is 6.61 Å². The van der Waals surface area contributed by atoms with E-state index >= 15 is 0 Å². The highest BCUT2D eigenvalue weighted by Gasteiger charge is 2.27. The molecule has 126 valence electrons. The van der Waals surface area contributed by atoms with Gasteiger partial charge >= 0.3 is 5.97 Å². The molecule has 1 atom stereocenters. The Morgan fingerprint density at radius 2 is 2.00 bits per heavy atom. The van der Waals surface area contributed by atoms with Gasteiger partial charge in [0.25, 0.3) is 5.91 Å². The van der Waals surface area contributed by atoms with Crippen molar-refractivity contribution in [3.8, 4) is 0 Å². The second-order valence-corrected chi connectivity index (χ2v) is 6.78. The fourth-order valence-corrected chi connectivity index (χ4v) is 3.33. The summed E-state index contributed by atoms with van der Waals surface area (Å²) in [6.07, 6.45) is 2.72. The minimum atomic E-state index is -0.388. The van der Waals surface area contributed by atoms with E-state index in [1.807, 2.05) is 17.5 Å². The molecule has 1 aromatic heterocycles. The second-order valence-electron chi connectivity index (χ2n) is 5.80. The van der Waals surface area contributed by atoms with Crippen LogP contribution in [-0.2, 0) is 14.3 Å². The molecule has 24 heavy (non-hydrogen) atoms. The number of hydrogen-bond acceptors (Lipinski definition) is 4. The first-order valence-electron chi connectivity index (χ1n) is 7.88. The first-order valence-corrected chi connectivity index (χ1v) is 8.76. The van der Waals surface area contributed by atoms with Crippen molar-refractivity contribution in [3.05, 3.63) is 58.0 Å². The van der Waals surface area contributed by atoms with E-state index in [9.17, 15) is 14.0 Å². The van der Waals surface area contributed by atoms with Gasteiger partial charge < -0.3 is 10.1 Å². The molecule has 1 amide bonds. The van der Waals surface area contributed by atoms with Gasteiger partial charge in [-0.2, -0.15) is 0 Å². The van der Waals surface area contributed by atoms with Gasteiger partial charge in [-0.15, -0.1) is 11.3 Å². The summed E-state index contributed by atoms with van der Waals surface area (Å²) in [7, 11) is 0. The van der Waals surface area contributed by atoms with E-state index < -0.39 is 0 Å². The zero-order valence-corrected chi connectivity index (χ0v) is 13.9. The molecule has 1 N–H and O–H groups in total. The van der Waals surface area contributed by atoms with E-state index in [1.165, 1.54) is 23.5 Å². The molecule has 1 fully saturated rings. The lowest BCUT2D eigenvalue weighted by molar-refractivity contribution is -0.155. The third-order valence-corrected chi connectivity index (χ3v) is 5.06. The first-order chi connectivity index (χ1) is 11.6. The smallest absolute Gasteiger partial charge is 0.309 e. The normalized spacial score (nSPS) is 15.4. The Morgan fingerprint density at radius 3 is 2.58 bits per heavy atom. The Balaban J connectivity index is 1.64. The fourth-order valence-electron chi connectivity index (χ4n) is 2.53. The predicted octanol–water partition coefficient (Wildman–Crippen LogP) is 3.44. The number of thiophene rings is 1. The number of carbonyl (C=O) groups excluding carboxylic acids is 2. The number of carbonyl (C=O) groups is 2. The van der Waals surface area contributed by atoms with Crippen molar-refractivity contribution >= 4 is 23.2 Å². The van der Waals surface area contributed by atoms with Crippen LogP contribution in [0, 0.1) is 11.7 Å². The lowest BCUT2D eigenvalue weighted by Gasteiger charge is -2.23. The Hall–Kier alpha value is -2.21. The van der Waals surface area contributed by atoms with Crippen LogP contribution >= 0.6 is 11.3 Å². The van der Waals surface area contributed by atoms with Crippen molar-refractivity contribution in [1.29, 1.82) is 0 Å². The van der Waals surface area contributed by atoms with E-state index in [0.717, 1.165) is 29.7 Å². The third-order valence-electron chi connectivity index (χ3n) is 4.12. The van der Waals surface area contributed by atoms with Crippen molar-refractivity contribution in [2.45, 2.75) is 25.3 Å². The largest absolute Gasteiger partial charge is 0.455 e. The third kappa shape index (κ3) is 4.00. The molecule has 1 aliphatic rings. The van der Waals surface area contributed by atoms with Gasteiger partial charge in [-0.1, -0.05) is 24.6 Å². The summed E-state index contributed by atoms with van der Waals surface area (Å²) in [6, 6.07) is 9.40. The second kappa shape index (κ2) is 7.57. The molecule has 1 aromatic carbocycles. The summed E-state index contributed by atoms with van der Waals surface area (Å²) in [5.74, 6) is -1.05. The van der Waals surface area contributed by atoms with Crippen LogP contribution in [0.25, 0.3) is 0 Å². The highest BCUT2D eigenvalue weighted by atomic mass is 32.1. The maximum Gasteiger partial charge on any atom is 0.309 e. The average Bonchev–Trinajstić information content (AvgIpc) is 3.04. The maximum atomic E-state index is 13.1. The van der Waals surface area contributed by atoms with Crippen LogP contribution in [0.15, 0.2) is 41.8 Å². The van der Waals surface area contributed by atoms with E-state index in [2.05, 4.69) is 5.32 Å². The molecule has 0 aliphatic heterocycles. The van der Waals surface area contributed by atoms with Crippen molar-refractivity contribution in [3.63, 3.8) is 0 Å². The molecule has 0 saturated heterocycles. The van der Waals surface area contributed by atoms with Crippen LogP contribution < -0.4 is 5.32 Å². The number of halogens is 1.